The van der Waals surface area contributed by atoms with Crippen molar-refractivity contribution in [2.45, 2.75) is 13.0 Å². The predicted octanol–water partition coefficient (Wildman–Crippen LogP) is 1.68. The Kier molecular flexibility index (Phi) is 5.03. The van der Waals surface area contributed by atoms with Crippen LogP contribution in [0.5, 0.6) is 0 Å². The molecule has 1 N–H and O–H groups in total. The summed E-state index contributed by atoms with van der Waals surface area (Å²) in [6.45, 7) is 2.03. The Morgan fingerprint density at radius 1 is 1.52 bits per heavy atom. The average molecular weight is 313 g/mol. The molecule has 0 spiro atoms. The fraction of sp³-hybridized carbons (Fsp3) is 0.429. The molecule has 1 aliphatic heterocycles. The largest absolute Gasteiger partial charge is 0.459 e. The molecule has 1 heterocycles. The number of carbonyl (C=O) groups is 2. The van der Waals surface area contributed by atoms with Gasteiger partial charge in [-0.15, -0.1) is 0 Å². The molecule has 1 aromatic carbocycles. The number of hydrogen-bond donors (Lipinski definition) is 1. The van der Waals surface area contributed by atoms with Gasteiger partial charge >= 0.3 is 5.97 Å². The Labute approximate surface area is 128 Å². The Bertz CT molecular complexity index is 550. The summed E-state index contributed by atoms with van der Waals surface area (Å²) in [6, 6.07) is 5.09. The lowest BCUT2D eigenvalue weighted by Gasteiger charge is -2.29. The van der Waals surface area contributed by atoms with E-state index in [-0.39, 0.29) is 25.1 Å². The number of amides is 1. The fourth-order valence-corrected chi connectivity index (χ4v) is 2.29. The second-order valence-electron chi connectivity index (χ2n) is 4.75. The molecular formula is C14H17ClN2O4. The first-order valence-corrected chi connectivity index (χ1v) is 6.91. The number of halogens is 1. The number of rotatable bonds is 5. The van der Waals surface area contributed by atoms with E-state index in [9.17, 15) is 9.59 Å². The van der Waals surface area contributed by atoms with Gasteiger partial charge < -0.3 is 14.8 Å². The number of carbonyl (C=O) groups excluding carboxylic acids is 2. The molecule has 0 saturated carbocycles. The number of nitrogens with one attached hydrogen (secondary N) is 1. The summed E-state index contributed by atoms with van der Waals surface area (Å²) in [7, 11) is 1.53. The molecule has 0 aromatic heterocycles. The maximum absolute atomic E-state index is 12.0. The van der Waals surface area contributed by atoms with E-state index in [2.05, 4.69) is 5.32 Å². The minimum absolute atomic E-state index is 0.119. The minimum atomic E-state index is -0.476. The summed E-state index contributed by atoms with van der Waals surface area (Å²) in [5.74, 6) is -0.670. The predicted molar refractivity (Wildman–Crippen MR) is 79.7 cm³/mol. The smallest absolute Gasteiger partial charge is 0.326 e. The van der Waals surface area contributed by atoms with E-state index in [0.29, 0.717) is 17.3 Å². The van der Waals surface area contributed by atoms with Crippen molar-refractivity contribution in [2.75, 3.05) is 37.0 Å². The van der Waals surface area contributed by atoms with Crippen LogP contribution in [0.4, 0.5) is 11.4 Å². The molecule has 1 aliphatic rings. The molecule has 114 valence electrons. The highest BCUT2D eigenvalue weighted by atomic mass is 35.5. The van der Waals surface area contributed by atoms with Crippen molar-refractivity contribution in [1.29, 1.82) is 0 Å². The van der Waals surface area contributed by atoms with E-state index in [0.717, 1.165) is 5.69 Å². The van der Waals surface area contributed by atoms with Crippen LogP contribution in [-0.2, 0) is 19.1 Å². The summed E-state index contributed by atoms with van der Waals surface area (Å²) < 4.78 is 10.1. The first kappa shape index (κ1) is 15.6. The van der Waals surface area contributed by atoms with Gasteiger partial charge in [0.1, 0.15) is 12.6 Å². The molecule has 0 radical (unpaired) electrons. The van der Waals surface area contributed by atoms with Crippen LogP contribution in [-0.4, -0.2) is 44.8 Å². The maximum Gasteiger partial charge on any atom is 0.326 e. The van der Waals surface area contributed by atoms with Crippen LogP contribution in [0.15, 0.2) is 18.2 Å². The third-order valence-corrected chi connectivity index (χ3v) is 3.24. The number of esters is 1. The Balaban J connectivity index is 2.09. The Morgan fingerprint density at radius 3 is 3.00 bits per heavy atom. The summed E-state index contributed by atoms with van der Waals surface area (Å²) in [5.41, 5.74) is 1.34. The van der Waals surface area contributed by atoms with Crippen molar-refractivity contribution >= 4 is 34.9 Å². The summed E-state index contributed by atoms with van der Waals surface area (Å²) in [4.78, 5) is 25.3. The molecule has 0 bridgehead atoms. The molecule has 7 heteroatoms. The molecule has 1 aromatic rings. The Hall–Kier alpha value is -1.79. The molecule has 1 unspecified atom stereocenters. The van der Waals surface area contributed by atoms with Gasteiger partial charge in [0, 0.05) is 12.1 Å². The van der Waals surface area contributed by atoms with Gasteiger partial charge in [-0.1, -0.05) is 11.6 Å². The van der Waals surface area contributed by atoms with Gasteiger partial charge in [0.15, 0.2) is 0 Å². The maximum atomic E-state index is 12.0. The molecule has 1 atom stereocenters. The number of nitrogens with zero attached hydrogens (tertiary/aromatic N) is 1. The van der Waals surface area contributed by atoms with Crippen LogP contribution in [0.2, 0.25) is 5.02 Å². The third kappa shape index (κ3) is 3.86. The molecule has 2 rings (SSSR count). The van der Waals surface area contributed by atoms with Gasteiger partial charge in [-0.25, -0.2) is 0 Å². The van der Waals surface area contributed by atoms with Gasteiger partial charge in [0.25, 0.3) is 0 Å². The molecule has 21 heavy (non-hydrogen) atoms. The van der Waals surface area contributed by atoms with E-state index >= 15 is 0 Å². The zero-order valence-corrected chi connectivity index (χ0v) is 12.6. The van der Waals surface area contributed by atoms with Gasteiger partial charge in [0.05, 0.1) is 24.5 Å². The van der Waals surface area contributed by atoms with Crippen LogP contribution >= 0.6 is 11.6 Å². The Morgan fingerprint density at radius 2 is 2.29 bits per heavy atom. The minimum Gasteiger partial charge on any atom is -0.459 e. The van der Waals surface area contributed by atoms with Crippen LogP contribution < -0.4 is 10.2 Å². The molecule has 0 fully saturated rings. The molecule has 6 nitrogen and oxygen atoms in total. The number of benzene rings is 1. The molecule has 1 amide bonds. The van der Waals surface area contributed by atoms with Crippen LogP contribution in [0, 0.1) is 0 Å². The van der Waals surface area contributed by atoms with Gasteiger partial charge in [-0.05, 0) is 25.1 Å². The SMILES string of the molecule is COCC(C)OC(=O)CN1C(=O)CNc2cc(Cl)ccc21. The first-order valence-electron chi connectivity index (χ1n) is 6.53. The highest BCUT2D eigenvalue weighted by Gasteiger charge is 2.27. The fourth-order valence-electron chi connectivity index (χ4n) is 2.12. The van der Waals surface area contributed by atoms with Crippen LogP contribution in [0.3, 0.4) is 0 Å². The van der Waals surface area contributed by atoms with Gasteiger partial charge in [-0.3, -0.25) is 14.5 Å². The quantitative estimate of drug-likeness (QED) is 0.838. The number of hydrogen-bond acceptors (Lipinski definition) is 5. The highest BCUT2D eigenvalue weighted by molar-refractivity contribution is 6.31. The number of anilines is 2. The van der Waals surface area contributed by atoms with E-state index < -0.39 is 5.97 Å². The summed E-state index contributed by atoms with van der Waals surface area (Å²) >= 11 is 5.92. The average Bonchev–Trinajstić information content (AvgIpc) is 2.42. The lowest BCUT2D eigenvalue weighted by Crippen LogP contribution is -2.43. The van der Waals surface area contributed by atoms with Crippen molar-refractivity contribution in [1.82, 2.24) is 0 Å². The van der Waals surface area contributed by atoms with Crippen molar-refractivity contribution < 1.29 is 19.1 Å². The number of methoxy groups -OCH3 is 1. The van der Waals surface area contributed by atoms with Crippen molar-refractivity contribution in [3.63, 3.8) is 0 Å². The summed E-state index contributed by atoms with van der Waals surface area (Å²) in [6.07, 6.45) is -0.356. The van der Waals surface area contributed by atoms with Crippen LogP contribution in [0.1, 0.15) is 6.92 Å². The summed E-state index contributed by atoms with van der Waals surface area (Å²) in [5, 5.41) is 3.53. The second kappa shape index (κ2) is 6.78. The number of ether oxygens (including phenoxy) is 2. The van der Waals surface area contributed by atoms with E-state index in [1.54, 1.807) is 25.1 Å². The topological polar surface area (TPSA) is 67.9 Å². The lowest BCUT2D eigenvalue weighted by molar-refractivity contribution is -0.149. The highest BCUT2D eigenvalue weighted by Crippen LogP contribution is 2.31. The monoisotopic (exact) mass is 312 g/mol. The zero-order valence-electron chi connectivity index (χ0n) is 11.9. The standard InChI is InChI=1S/C14H17ClN2O4/c1-9(8-20-2)21-14(19)7-17-12-4-3-10(15)5-11(12)16-6-13(17)18/h3-5,9,16H,6-8H2,1-2H3. The van der Waals surface area contributed by atoms with Crippen LogP contribution in [0.25, 0.3) is 0 Å². The van der Waals surface area contributed by atoms with E-state index in [4.69, 9.17) is 21.1 Å². The normalized spacial score (nSPS) is 15.2. The second-order valence-corrected chi connectivity index (χ2v) is 5.19. The molecule has 0 aliphatic carbocycles. The van der Waals surface area contributed by atoms with E-state index in [1.807, 2.05) is 0 Å². The van der Waals surface area contributed by atoms with Gasteiger partial charge in [-0.2, -0.15) is 0 Å². The van der Waals surface area contributed by atoms with Crippen molar-refractivity contribution in [2.24, 2.45) is 0 Å². The third-order valence-electron chi connectivity index (χ3n) is 3.00. The first-order chi connectivity index (χ1) is 10.0. The lowest BCUT2D eigenvalue weighted by atomic mass is 10.2. The number of fused-ring (bicyclic) bond motifs is 1. The van der Waals surface area contributed by atoms with E-state index in [1.165, 1.54) is 12.0 Å². The zero-order chi connectivity index (χ0) is 15.4. The molecular weight excluding hydrogens is 296 g/mol. The molecule has 0 saturated heterocycles. The van der Waals surface area contributed by atoms with Gasteiger partial charge in [0.2, 0.25) is 5.91 Å². The van der Waals surface area contributed by atoms with Crippen molar-refractivity contribution in [3.8, 4) is 0 Å². The van der Waals surface area contributed by atoms with Crippen molar-refractivity contribution in [3.05, 3.63) is 23.2 Å².